The normalized spacial score (nSPS) is 10.3. The van der Waals surface area contributed by atoms with Crippen molar-refractivity contribution < 1.29 is 14.1 Å². The van der Waals surface area contributed by atoms with Gasteiger partial charge in [-0.1, -0.05) is 17.3 Å². The van der Waals surface area contributed by atoms with E-state index in [1.54, 1.807) is 12.1 Å². The Morgan fingerprint density at radius 2 is 2.10 bits per heavy atom. The van der Waals surface area contributed by atoms with Gasteiger partial charge in [-0.15, -0.1) is 0 Å². The van der Waals surface area contributed by atoms with Gasteiger partial charge < -0.3 is 14.6 Å². The largest absolute Gasteiger partial charge is 0.488 e. The van der Waals surface area contributed by atoms with Gasteiger partial charge in [-0.3, -0.25) is 4.79 Å². The molecule has 0 bridgehead atoms. The van der Waals surface area contributed by atoms with Crippen LogP contribution in [0.15, 0.2) is 28.8 Å². The van der Waals surface area contributed by atoms with Crippen molar-refractivity contribution in [3.05, 3.63) is 46.8 Å². The van der Waals surface area contributed by atoms with E-state index >= 15 is 0 Å². The standard InChI is InChI=1S/C15H18N2O3/c1-4-16-15(18)12-7-5-6-8-14(12)19-9-13-10(2)17-20-11(13)3/h5-8H,4,9H2,1-3H3,(H,16,18). The summed E-state index contributed by atoms with van der Waals surface area (Å²) in [5.41, 5.74) is 2.25. The van der Waals surface area contributed by atoms with Crippen molar-refractivity contribution in [3.63, 3.8) is 0 Å². The summed E-state index contributed by atoms with van der Waals surface area (Å²) < 4.78 is 10.8. The number of ether oxygens (including phenoxy) is 1. The molecule has 0 saturated heterocycles. The molecule has 2 aromatic rings. The van der Waals surface area contributed by atoms with Gasteiger partial charge in [0.25, 0.3) is 5.91 Å². The highest BCUT2D eigenvalue weighted by Crippen LogP contribution is 2.21. The maximum absolute atomic E-state index is 11.9. The third-order valence-electron chi connectivity index (χ3n) is 3.02. The minimum atomic E-state index is -0.137. The average Bonchev–Trinajstić information content (AvgIpc) is 2.76. The van der Waals surface area contributed by atoms with E-state index in [2.05, 4.69) is 10.5 Å². The third kappa shape index (κ3) is 2.99. The molecule has 0 aliphatic rings. The third-order valence-corrected chi connectivity index (χ3v) is 3.02. The molecule has 106 valence electrons. The van der Waals surface area contributed by atoms with Crippen LogP contribution in [0.2, 0.25) is 0 Å². The minimum Gasteiger partial charge on any atom is -0.488 e. The van der Waals surface area contributed by atoms with Gasteiger partial charge in [0, 0.05) is 6.54 Å². The second-order valence-electron chi connectivity index (χ2n) is 4.45. The summed E-state index contributed by atoms with van der Waals surface area (Å²) in [5, 5.41) is 6.65. The van der Waals surface area contributed by atoms with Gasteiger partial charge in [0.15, 0.2) is 0 Å². The highest BCUT2D eigenvalue weighted by Gasteiger charge is 2.14. The molecular formula is C15H18N2O3. The van der Waals surface area contributed by atoms with Gasteiger partial charge in [0.1, 0.15) is 18.1 Å². The van der Waals surface area contributed by atoms with Gasteiger partial charge in [-0.05, 0) is 32.9 Å². The molecule has 0 aliphatic carbocycles. The number of para-hydroxylation sites is 1. The van der Waals surface area contributed by atoms with Crippen LogP contribution >= 0.6 is 0 Å². The molecule has 20 heavy (non-hydrogen) atoms. The van der Waals surface area contributed by atoms with E-state index in [1.807, 2.05) is 32.9 Å². The summed E-state index contributed by atoms with van der Waals surface area (Å²) in [6.45, 7) is 6.50. The van der Waals surface area contributed by atoms with Gasteiger partial charge in [-0.2, -0.15) is 0 Å². The van der Waals surface area contributed by atoms with E-state index < -0.39 is 0 Å². The average molecular weight is 274 g/mol. The fourth-order valence-corrected chi connectivity index (χ4v) is 1.89. The SMILES string of the molecule is CCNC(=O)c1ccccc1OCc1c(C)noc1C. The number of nitrogens with zero attached hydrogens (tertiary/aromatic N) is 1. The van der Waals surface area contributed by atoms with Crippen LogP contribution in [0.5, 0.6) is 5.75 Å². The number of hydrogen-bond donors (Lipinski definition) is 1. The van der Waals surface area contributed by atoms with Crippen molar-refractivity contribution in [3.8, 4) is 5.75 Å². The maximum Gasteiger partial charge on any atom is 0.255 e. The molecule has 0 aliphatic heterocycles. The number of hydrogen-bond acceptors (Lipinski definition) is 4. The van der Waals surface area contributed by atoms with Crippen LogP contribution in [0.1, 0.15) is 34.3 Å². The molecule has 1 amide bonds. The number of amides is 1. The second kappa shape index (κ2) is 6.23. The van der Waals surface area contributed by atoms with Gasteiger partial charge in [-0.25, -0.2) is 0 Å². The Morgan fingerprint density at radius 3 is 2.75 bits per heavy atom. The first-order chi connectivity index (χ1) is 9.63. The highest BCUT2D eigenvalue weighted by molar-refractivity contribution is 5.96. The zero-order valence-electron chi connectivity index (χ0n) is 11.9. The van der Waals surface area contributed by atoms with E-state index in [0.717, 1.165) is 17.0 Å². The number of aryl methyl sites for hydroxylation is 2. The summed E-state index contributed by atoms with van der Waals surface area (Å²) in [6, 6.07) is 7.18. The van der Waals surface area contributed by atoms with Gasteiger partial charge in [0.05, 0.1) is 16.8 Å². The lowest BCUT2D eigenvalue weighted by Crippen LogP contribution is -2.23. The molecule has 0 atom stereocenters. The number of carbonyl (C=O) groups excluding carboxylic acids is 1. The second-order valence-corrected chi connectivity index (χ2v) is 4.45. The number of carbonyl (C=O) groups is 1. The molecule has 5 nitrogen and oxygen atoms in total. The van der Waals surface area contributed by atoms with E-state index in [0.29, 0.717) is 24.5 Å². The first-order valence-corrected chi connectivity index (χ1v) is 6.55. The lowest BCUT2D eigenvalue weighted by molar-refractivity contribution is 0.0951. The molecule has 0 fully saturated rings. The number of nitrogens with one attached hydrogen (secondary N) is 1. The minimum absolute atomic E-state index is 0.137. The first-order valence-electron chi connectivity index (χ1n) is 6.55. The number of benzene rings is 1. The topological polar surface area (TPSA) is 64.4 Å². The predicted octanol–water partition coefficient (Wildman–Crippen LogP) is 2.62. The van der Waals surface area contributed by atoms with Gasteiger partial charge >= 0.3 is 0 Å². The van der Waals surface area contributed by atoms with Crippen molar-refractivity contribution in [1.82, 2.24) is 10.5 Å². The molecule has 5 heteroatoms. The quantitative estimate of drug-likeness (QED) is 0.910. The highest BCUT2D eigenvalue weighted by atomic mass is 16.5. The van der Waals surface area contributed by atoms with Crippen LogP contribution in [-0.4, -0.2) is 17.6 Å². The molecular weight excluding hydrogens is 256 g/mol. The molecule has 0 spiro atoms. The summed E-state index contributed by atoms with van der Waals surface area (Å²) in [4.78, 5) is 11.9. The fraction of sp³-hybridized carbons (Fsp3) is 0.333. The molecule has 0 unspecified atom stereocenters. The van der Waals surface area contributed by atoms with E-state index in [1.165, 1.54) is 0 Å². The first kappa shape index (κ1) is 14.1. The van der Waals surface area contributed by atoms with Crippen molar-refractivity contribution in [2.24, 2.45) is 0 Å². The van der Waals surface area contributed by atoms with E-state index in [9.17, 15) is 4.79 Å². The summed E-state index contributed by atoms with van der Waals surface area (Å²) in [6.07, 6.45) is 0. The lowest BCUT2D eigenvalue weighted by Gasteiger charge is -2.10. The molecule has 0 saturated carbocycles. The smallest absolute Gasteiger partial charge is 0.255 e. The Bertz CT molecular complexity index is 585. The van der Waals surface area contributed by atoms with E-state index in [-0.39, 0.29) is 5.91 Å². The molecule has 0 radical (unpaired) electrons. The molecule has 1 heterocycles. The molecule has 1 aromatic carbocycles. The Hall–Kier alpha value is -2.30. The molecule has 1 aromatic heterocycles. The van der Waals surface area contributed by atoms with E-state index in [4.69, 9.17) is 9.26 Å². The van der Waals surface area contributed by atoms with Crippen molar-refractivity contribution in [2.45, 2.75) is 27.4 Å². The fourth-order valence-electron chi connectivity index (χ4n) is 1.89. The maximum atomic E-state index is 11.9. The zero-order valence-corrected chi connectivity index (χ0v) is 11.9. The summed E-state index contributed by atoms with van der Waals surface area (Å²) >= 11 is 0. The van der Waals surface area contributed by atoms with Crippen LogP contribution in [0.25, 0.3) is 0 Å². The van der Waals surface area contributed by atoms with Crippen molar-refractivity contribution in [1.29, 1.82) is 0 Å². The monoisotopic (exact) mass is 274 g/mol. The van der Waals surface area contributed by atoms with Crippen LogP contribution < -0.4 is 10.1 Å². The van der Waals surface area contributed by atoms with Crippen molar-refractivity contribution >= 4 is 5.91 Å². The van der Waals surface area contributed by atoms with Gasteiger partial charge in [0.2, 0.25) is 0 Å². The summed E-state index contributed by atoms with van der Waals surface area (Å²) in [5.74, 6) is 1.15. The lowest BCUT2D eigenvalue weighted by atomic mass is 10.2. The van der Waals surface area contributed by atoms with Crippen LogP contribution in [0, 0.1) is 13.8 Å². The van der Waals surface area contributed by atoms with Crippen LogP contribution in [0.4, 0.5) is 0 Å². The Balaban J connectivity index is 2.16. The Kier molecular flexibility index (Phi) is 4.40. The molecule has 1 N–H and O–H groups in total. The van der Waals surface area contributed by atoms with Crippen LogP contribution in [0.3, 0.4) is 0 Å². The Morgan fingerprint density at radius 1 is 1.35 bits per heavy atom. The predicted molar refractivity (Wildman–Crippen MR) is 74.8 cm³/mol. The number of aromatic nitrogens is 1. The van der Waals surface area contributed by atoms with Crippen molar-refractivity contribution in [2.75, 3.05) is 6.54 Å². The van der Waals surface area contributed by atoms with Crippen LogP contribution in [-0.2, 0) is 6.61 Å². The summed E-state index contributed by atoms with van der Waals surface area (Å²) in [7, 11) is 0. The zero-order chi connectivity index (χ0) is 14.5. The number of rotatable bonds is 5. The Labute approximate surface area is 117 Å². The molecule has 2 rings (SSSR count).